The number of rotatable bonds is 5. The van der Waals surface area contributed by atoms with Crippen molar-refractivity contribution in [2.24, 2.45) is 29.1 Å². The van der Waals surface area contributed by atoms with Crippen LogP contribution in [0.4, 0.5) is 0 Å². The fourth-order valence-electron chi connectivity index (χ4n) is 5.78. The van der Waals surface area contributed by atoms with Gasteiger partial charge in [-0.05, 0) is 68.7 Å². The van der Waals surface area contributed by atoms with Crippen LogP contribution in [0.2, 0.25) is 0 Å². The van der Waals surface area contributed by atoms with E-state index in [1.54, 1.807) is 0 Å². The molecule has 130 valence electrons. The third-order valence-electron chi connectivity index (χ3n) is 7.20. The van der Waals surface area contributed by atoms with Crippen molar-refractivity contribution in [3.05, 3.63) is 0 Å². The van der Waals surface area contributed by atoms with Crippen LogP contribution in [0.1, 0.15) is 91.9 Å². The first kappa shape index (κ1) is 18.3. The lowest BCUT2D eigenvalue weighted by molar-refractivity contribution is 0.0225. The summed E-state index contributed by atoms with van der Waals surface area (Å²) in [5.74, 6) is 3.82. The van der Waals surface area contributed by atoms with Crippen molar-refractivity contribution < 1.29 is 0 Å². The molecule has 0 aromatic rings. The highest BCUT2D eigenvalue weighted by molar-refractivity contribution is 4.96. The van der Waals surface area contributed by atoms with Gasteiger partial charge in [0.25, 0.3) is 0 Å². The van der Waals surface area contributed by atoms with Crippen molar-refractivity contribution in [3.8, 4) is 0 Å². The summed E-state index contributed by atoms with van der Waals surface area (Å²) in [5, 5.41) is 3.60. The van der Waals surface area contributed by atoms with Crippen LogP contribution in [-0.2, 0) is 0 Å². The van der Waals surface area contributed by atoms with E-state index < -0.39 is 0 Å². The van der Waals surface area contributed by atoms with Crippen LogP contribution >= 0.6 is 0 Å². The van der Waals surface area contributed by atoms with Crippen molar-refractivity contribution >= 4 is 0 Å². The molecule has 2 saturated carbocycles. The standard InChI is InChI=1S/C21H41N/c1-16(2)14-18-10-6-7-11-19(15-18)20-12-8-9-13-21(20,4)17(3)22-5/h16-20,22H,6-15H2,1-5H3. The highest BCUT2D eigenvalue weighted by Crippen LogP contribution is 2.51. The minimum Gasteiger partial charge on any atom is -0.317 e. The van der Waals surface area contributed by atoms with Gasteiger partial charge in [0.15, 0.2) is 0 Å². The van der Waals surface area contributed by atoms with Crippen molar-refractivity contribution in [1.29, 1.82) is 0 Å². The van der Waals surface area contributed by atoms with Gasteiger partial charge in [-0.3, -0.25) is 0 Å². The Bertz CT molecular complexity index is 324. The maximum Gasteiger partial charge on any atom is 0.00922 e. The van der Waals surface area contributed by atoms with Crippen LogP contribution in [-0.4, -0.2) is 13.1 Å². The molecule has 0 aromatic carbocycles. The molecule has 1 heteroatoms. The van der Waals surface area contributed by atoms with Crippen LogP contribution in [0.5, 0.6) is 0 Å². The molecule has 0 aromatic heterocycles. The zero-order chi connectivity index (χ0) is 16.2. The van der Waals surface area contributed by atoms with Gasteiger partial charge in [-0.15, -0.1) is 0 Å². The van der Waals surface area contributed by atoms with E-state index >= 15 is 0 Å². The molecule has 0 amide bonds. The van der Waals surface area contributed by atoms with Crippen LogP contribution in [0.25, 0.3) is 0 Å². The van der Waals surface area contributed by atoms with Crippen molar-refractivity contribution in [2.45, 2.75) is 97.9 Å². The average molecular weight is 308 g/mol. The van der Waals surface area contributed by atoms with E-state index in [1.165, 1.54) is 64.2 Å². The minimum absolute atomic E-state index is 0.518. The highest BCUT2D eigenvalue weighted by atomic mass is 14.9. The summed E-state index contributed by atoms with van der Waals surface area (Å²) in [4.78, 5) is 0. The third kappa shape index (κ3) is 4.28. The molecule has 2 fully saturated rings. The predicted molar refractivity (Wildman–Crippen MR) is 98.1 cm³/mol. The van der Waals surface area contributed by atoms with E-state index in [-0.39, 0.29) is 0 Å². The molecule has 2 rings (SSSR count). The summed E-state index contributed by atoms with van der Waals surface area (Å²) in [7, 11) is 2.16. The molecule has 5 unspecified atom stereocenters. The Labute approximate surface area is 140 Å². The molecule has 0 bridgehead atoms. The van der Waals surface area contributed by atoms with E-state index in [0.717, 1.165) is 23.7 Å². The summed E-state index contributed by atoms with van der Waals surface area (Å²) >= 11 is 0. The second-order valence-corrected chi connectivity index (χ2v) is 9.14. The summed E-state index contributed by atoms with van der Waals surface area (Å²) in [6.07, 6.45) is 14.8. The molecule has 0 saturated heterocycles. The predicted octanol–water partition coefficient (Wildman–Crippen LogP) is 6.03. The Kier molecular flexibility index (Phi) is 6.80. The van der Waals surface area contributed by atoms with Crippen LogP contribution in [0, 0.1) is 29.1 Å². The van der Waals surface area contributed by atoms with Crippen molar-refractivity contribution in [3.63, 3.8) is 0 Å². The first-order valence-electron chi connectivity index (χ1n) is 10.1. The number of hydrogen-bond acceptors (Lipinski definition) is 1. The molecule has 0 aliphatic heterocycles. The summed E-state index contributed by atoms with van der Waals surface area (Å²) in [6, 6.07) is 0.657. The second kappa shape index (κ2) is 8.18. The molecule has 0 spiro atoms. The largest absolute Gasteiger partial charge is 0.317 e. The fraction of sp³-hybridized carbons (Fsp3) is 1.00. The molecule has 0 radical (unpaired) electrons. The first-order chi connectivity index (χ1) is 10.5. The zero-order valence-corrected chi connectivity index (χ0v) is 16.0. The smallest absolute Gasteiger partial charge is 0.00922 e. The monoisotopic (exact) mass is 307 g/mol. The van der Waals surface area contributed by atoms with Gasteiger partial charge in [-0.1, -0.05) is 59.3 Å². The molecule has 1 N–H and O–H groups in total. The van der Waals surface area contributed by atoms with Crippen LogP contribution in [0.15, 0.2) is 0 Å². The molecular weight excluding hydrogens is 266 g/mol. The molecular formula is C21H41N. The Morgan fingerprint density at radius 2 is 1.68 bits per heavy atom. The minimum atomic E-state index is 0.518. The second-order valence-electron chi connectivity index (χ2n) is 9.14. The zero-order valence-electron chi connectivity index (χ0n) is 16.0. The van der Waals surface area contributed by atoms with Gasteiger partial charge >= 0.3 is 0 Å². The molecule has 0 heterocycles. The summed E-state index contributed by atoms with van der Waals surface area (Å²) in [6.45, 7) is 9.85. The van der Waals surface area contributed by atoms with Crippen LogP contribution in [0.3, 0.4) is 0 Å². The van der Waals surface area contributed by atoms with Gasteiger partial charge in [0.2, 0.25) is 0 Å². The molecule has 5 atom stereocenters. The Balaban J connectivity index is 2.11. The summed E-state index contributed by atoms with van der Waals surface area (Å²) in [5.41, 5.74) is 0.518. The van der Waals surface area contributed by atoms with Crippen molar-refractivity contribution in [2.75, 3.05) is 7.05 Å². The quantitative estimate of drug-likeness (QED) is 0.611. The van der Waals surface area contributed by atoms with Gasteiger partial charge < -0.3 is 5.32 Å². The molecule has 2 aliphatic carbocycles. The lowest BCUT2D eigenvalue weighted by Gasteiger charge is -2.49. The van der Waals surface area contributed by atoms with Crippen LogP contribution < -0.4 is 5.32 Å². The van der Waals surface area contributed by atoms with E-state index in [4.69, 9.17) is 0 Å². The van der Waals surface area contributed by atoms with Gasteiger partial charge in [0, 0.05) is 6.04 Å². The maximum atomic E-state index is 3.60. The SMILES string of the molecule is CNC(C)C1(C)CCCCC1C1CCCCC(CC(C)C)C1. The Hall–Kier alpha value is -0.0400. The Morgan fingerprint density at radius 1 is 1.00 bits per heavy atom. The molecule has 1 nitrogen and oxygen atoms in total. The maximum absolute atomic E-state index is 3.60. The Morgan fingerprint density at radius 3 is 2.36 bits per heavy atom. The lowest BCUT2D eigenvalue weighted by atomic mass is 9.58. The topological polar surface area (TPSA) is 12.0 Å². The molecule has 22 heavy (non-hydrogen) atoms. The van der Waals surface area contributed by atoms with Crippen molar-refractivity contribution in [1.82, 2.24) is 5.32 Å². The normalized spacial score (nSPS) is 38.7. The van der Waals surface area contributed by atoms with Gasteiger partial charge in [0.1, 0.15) is 0 Å². The van der Waals surface area contributed by atoms with Gasteiger partial charge in [0.05, 0.1) is 0 Å². The van der Waals surface area contributed by atoms with E-state index in [1.807, 2.05) is 0 Å². The third-order valence-corrected chi connectivity index (χ3v) is 7.20. The number of nitrogens with one attached hydrogen (secondary N) is 1. The highest BCUT2D eigenvalue weighted by Gasteiger charge is 2.44. The van der Waals surface area contributed by atoms with Gasteiger partial charge in [-0.25, -0.2) is 0 Å². The lowest BCUT2D eigenvalue weighted by Crippen LogP contribution is -2.48. The average Bonchev–Trinajstić information content (AvgIpc) is 2.71. The summed E-state index contributed by atoms with van der Waals surface area (Å²) < 4.78 is 0. The number of hydrogen-bond donors (Lipinski definition) is 1. The first-order valence-corrected chi connectivity index (χ1v) is 10.1. The van der Waals surface area contributed by atoms with E-state index in [0.29, 0.717) is 11.5 Å². The fourth-order valence-corrected chi connectivity index (χ4v) is 5.78. The molecule has 2 aliphatic rings. The van der Waals surface area contributed by atoms with E-state index in [2.05, 4.69) is 40.1 Å². The van der Waals surface area contributed by atoms with Gasteiger partial charge in [-0.2, -0.15) is 0 Å². The van der Waals surface area contributed by atoms with E-state index in [9.17, 15) is 0 Å².